The van der Waals surface area contributed by atoms with Gasteiger partial charge in [-0.25, -0.2) is 4.79 Å². The molecule has 0 bridgehead atoms. The summed E-state index contributed by atoms with van der Waals surface area (Å²) in [6.45, 7) is 6.12. The van der Waals surface area contributed by atoms with Crippen LogP contribution in [-0.2, 0) is 6.54 Å². The summed E-state index contributed by atoms with van der Waals surface area (Å²) in [6.07, 6.45) is -0.631. The first-order valence-corrected chi connectivity index (χ1v) is 7.58. The summed E-state index contributed by atoms with van der Waals surface area (Å²) in [4.78, 5) is 26.3. The van der Waals surface area contributed by atoms with Gasteiger partial charge in [-0.3, -0.25) is 4.79 Å². The number of hydrogen-bond acceptors (Lipinski definition) is 3. The molecule has 1 atom stereocenters. The smallest absolute Gasteiger partial charge is 0.315 e. The maximum Gasteiger partial charge on any atom is 0.315 e. The molecule has 0 spiro atoms. The third-order valence-electron chi connectivity index (χ3n) is 3.73. The van der Waals surface area contributed by atoms with Gasteiger partial charge >= 0.3 is 6.03 Å². The van der Waals surface area contributed by atoms with Gasteiger partial charge in [0, 0.05) is 30.1 Å². The SMILES string of the molecule is CC(C)(C)C(O)CNC(=O)NCc1cc(=O)[nH]c2ccccc12. The summed E-state index contributed by atoms with van der Waals surface area (Å²) >= 11 is 0. The number of carbonyl (C=O) groups excluding carboxylic acids is 1. The summed E-state index contributed by atoms with van der Waals surface area (Å²) < 4.78 is 0. The Morgan fingerprint density at radius 1 is 1.26 bits per heavy atom. The quantitative estimate of drug-likeness (QED) is 0.692. The molecule has 4 N–H and O–H groups in total. The van der Waals surface area contributed by atoms with Crippen molar-refractivity contribution in [1.29, 1.82) is 0 Å². The average molecular weight is 317 g/mol. The first-order chi connectivity index (χ1) is 10.8. The molecule has 2 aromatic rings. The highest BCUT2D eigenvalue weighted by Crippen LogP contribution is 2.18. The minimum atomic E-state index is -0.631. The summed E-state index contributed by atoms with van der Waals surface area (Å²) in [5, 5.41) is 16.1. The molecule has 6 heteroatoms. The van der Waals surface area contributed by atoms with Crippen LogP contribution in [0.1, 0.15) is 26.3 Å². The van der Waals surface area contributed by atoms with Crippen molar-refractivity contribution in [3.8, 4) is 0 Å². The molecular formula is C17H23N3O3. The number of urea groups is 1. The molecule has 6 nitrogen and oxygen atoms in total. The number of benzene rings is 1. The second-order valence-electron chi connectivity index (χ2n) is 6.65. The molecule has 0 aliphatic carbocycles. The molecule has 0 aliphatic rings. The number of rotatable bonds is 4. The summed E-state index contributed by atoms with van der Waals surface area (Å²) in [5.74, 6) is 0. The zero-order valence-corrected chi connectivity index (χ0v) is 13.6. The second kappa shape index (κ2) is 6.83. The lowest BCUT2D eigenvalue weighted by Gasteiger charge is -2.25. The van der Waals surface area contributed by atoms with Crippen LogP contribution in [0.4, 0.5) is 4.79 Å². The number of aromatic amines is 1. The predicted octanol–water partition coefficient (Wildman–Crippen LogP) is 1.73. The van der Waals surface area contributed by atoms with Crippen LogP contribution in [0.2, 0.25) is 0 Å². The van der Waals surface area contributed by atoms with Gasteiger partial charge in [0.15, 0.2) is 0 Å². The molecule has 2 amide bonds. The summed E-state index contributed by atoms with van der Waals surface area (Å²) in [6, 6.07) is 8.54. The molecular weight excluding hydrogens is 294 g/mol. The fourth-order valence-electron chi connectivity index (χ4n) is 2.16. The highest BCUT2D eigenvalue weighted by molar-refractivity contribution is 5.82. The maximum absolute atomic E-state index is 11.8. The van der Waals surface area contributed by atoms with Crippen LogP contribution in [0.3, 0.4) is 0 Å². The van der Waals surface area contributed by atoms with E-state index in [1.165, 1.54) is 6.07 Å². The van der Waals surface area contributed by atoms with Crippen LogP contribution in [0, 0.1) is 5.41 Å². The minimum Gasteiger partial charge on any atom is -0.391 e. The third-order valence-corrected chi connectivity index (χ3v) is 3.73. The van der Waals surface area contributed by atoms with Crippen LogP contribution < -0.4 is 16.2 Å². The van der Waals surface area contributed by atoms with E-state index in [9.17, 15) is 14.7 Å². The number of carbonyl (C=O) groups is 1. The number of aliphatic hydroxyl groups excluding tert-OH is 1. The van der Waals surface area contributed by atoms with Crippen molar-refractivity contribution in [1.82, 2.24) is 15.6 Å². The highest BCUT2D eigenvalue weighted by Gasteiger charge is 2.22. The van der Waals surface area contributed by atoms with Gasteiger partial charge < -0.3 is 20.7 Å². The monoisotopic (exact) mass is 317 g/mol. The first kappa shape index (κ1) is 17.0. The fraction of sp³-hybridized carbons (Fsp3) is 0.412. The maximum atomic E-state index is 11.8. The number of aliphatic hydroxyl groups is 1. The Bertz CT molecular complexity index is 747. The Balaban J connectivity index is 1.99. The molecule has 0 fully saturated rings. The van der Waals surface area contributed by atoms with Gasteiger partial charge in [0.2, 0.25) is 5.56 Å². The number of hydrogen-bond donors (Lipinski definition) is 4. The molecule has 1 aromatic heterocycles. The topological polar surface area (TPSA) is 94.2 Å². The lowest BCUT2D eigenvalue weighted by atomic mass is 9.89. The Morgan fingerprint density at radius 3 is 2.65 bits per heavy atom. The van der Waals surface area contributed by atoms with Crippen molar-refractivity contribution < 1.29 is 9.90 Å². The molecule has 1 unspecified atom stereocenters. The standard InChI is InChI=1S/C17H23N3O3/c1-17(2,3)14(21)10-19-16(23)18-9-11-8-15(22)20-13-7-5-4-6-12(11)13/h4-8,14,21H,9-10H2,1-3H3,(H,20,22)(H2,18,19,23). The van der Waals surface area contributed by atoms with Crippen LogP contribution in [0.5, 0.6) is 0 Å². The van der Waals surface area contributed by atoms with Crippen molar-refractivity contribution in [2.45, 2.75) is 33.4 Å². The number of para-hydroxylation sites is 1. The van der Waals surface area contributed by atoms with Crippen LogP contribution in [0.25, 0.3) is 10.9 Å². The number of aromatic nitrogens is 1. The summed E-state index contributed by atoms with van der Waals surface area (Å²) in [5.41, 5.74) is 0.983. The van der Waals surface area contributed by atoms with Gasteiger partial charge in [0.25, 0.3) is 0 Å². The number of pyridine rings is 1. The van der Waals surface area contributed by atoms with E-state index in [2.05, 4.69) is 15.6 Å². The molecule has 0 saturated carbocycles. The van der Waals surface area contributed by atoms with Crippen LogP contribution >= 0.6 is 0 Å². The second-order valence-corrected chi connectivity index (χ2v) is 6.65. The van der Waals surface area contributed by atoms with Gasteiger partial charge in [0.05, 0.1) is 6.10 Å². The third kappa shape index (κ3) is 4.56. The lowest BCUT2D eigenvalue weighted by molar-refractivity contribution is 0.0650. The highest BCUT2D eigenvalue weighted by atomic mass is 16.3. The minimum absolute atomic E-state index is 0.172. The lowest BCUT2D eigenvalue weighted by Crippen LogP contribution is -2.43. The van der Waals surface area contributed by atoms with Gasteiger partial charge in [-0.1, -0.05) is 39.0 Å². The van der Waals surface area contributed by atoms with Gasteiger partial charge in [-0.15, -0.1) is 0 Å². The van der Waals surface area contributed by atoms with Crippen molar-refractivity contribution >= 4 is 16.9 Å². The number of H-pyrrole nitrogens is 1. The normalized spacial score (nSPS) is 12.9. The van der Waals surface area contributed by atoms with Crippen LogP contribution in [-0.4, -0.2) is 28.8 Å². The van der Waals surface area contributed by atoms with E-state index in [4.69, 9.17) is 0 Å². The van der Waals surface area contributed by atoms with E-state index in [-0.39, 0.29) is 30.1 Å². The largest absolute Gasteiger partial charge is 0.391 e. The van der Waals surface area contributed by atoms with E-state index in [1.54, 1.807) is 0 Å². The predicted molar refractivity (Wildman–Crippen MR) is 90.3 cm³/mol. The summed E-state index contributed by atoms with van der Waals surface area (Å²) in [7, 11) is 0. The molecule has 2 rings (SSSR count). The van der Waals surface area contributed by atoms with Gasteiger partial charge in [-0.2, -0.15) is 0 Å². The van der Waals surface area contributed by atoms with Crippen molar-refractivity contribution in [2.75, 3.05) is 6.54 Å². The van der Waals surface area contributed by atoms with Crippen molar-refractivity contribution in [3.63, 3.8) is 0 Å². The average Bonchev–Trinajstić information content (AvgIpc) is 2.49. The fourth-order valence-corrected chi connectivity index (χ4v) is 2.16. The molecule has 0 saturated heterocycles. The van der Waals surface area contributed by atoms with E-state index in [1.807, 2.05) is 45.0 Å². The van der Waals surface area contributed by atoms with Gasteiger partial charge in [-0.05, 0) is 17.0 Å². The number of amides is 2. The van der Waals surface area contributed by atoms with Crippen molar-refractivity contribution in [2.24, 2.45) is 5.41 Å². The van der Waals surface area contributed by atoms with E-state index >= 15 is 0 Å². The van der Waals surface area contributed by atoms with E-state index in [0.717, 1.165) is 16.5 Å². The van der Waals surface area contributed by atoms with Crippen LogP contribution in [0.15, 0.2) is 35.1 Å². The molecule has 124 valence electrons. The Morgan fingerprint density at radius 2 is 1.96 bits per heavy atom. The molecule has 23 heavy (non-hydrogen) atoms. The number of nitrogens with one attached hydrogen (secondary N) is 3. The van der Waals surface area contributed by atoms with E-state index in [0.29, 0.717) is 0 Å². The number of fused-ring (bicyclic) bond motifs is 1. The Kier molecular flexibility index (Phi) is 5.05. The van der Waals surface area contributed by atoms with Crippen molar-refractivity contribution in [3.05, 3.63) is 46.2 Å². The Hall–Kier alpha value is -2.34. The van der Waals surface area contributed by atoms with E-state index < -0.39 is 6.10 Å². The molecule has 1 heterocycles. The Labute approximate surface area is 134 Å². The zero-order valence-electron chi connectivity index (χ0n) is 13.6. The molecule has 0 radical (unpaired) electrons. The molecule has 0 aliphatic heterocycles. The zero-order chi connectivity index (χ0) is 17.0. The first-order valence-electron chi connectivity index (χ1n) is 7.58. The molecule has 1 aromatic carbocycles. The van der Waals surface area contributed by atoms with Gasteiger partial charge in [0.1, 0.15) is 0 Å².